The molecule has 2 aliphatic heterocycles. The average molecular weight is 435 g/mol. The zero-order chi connectivity index (χ0) is 20.2. The van der Waals surface area contributed by atoms with Gasteiger partial charge in [0.15, 0.2) is 0 Å². The molecule has 0 spiro atoms. The summed E-state index contributed by atoms with van der Waals surface area (Å²) in [5.41, 5.74) is 1.48. The summed E-state index contributed by atoms with van der Waals surface area (Å²) in [6, 6.07) is 8.80. The Morgan fingerprint density at radius 2 is 1.62 bits per heavy atom. The largest absolute Gasteiger partial charge is 0.476 e. The average Bonchev–Trinajstić information content (AvgIpc) is 3.13. The van der Waals surface area contributed by atoms with Gasteiger partial charge in [-0.25, -0.2) is 9.78 Å². The van der Waals surface area contributed by atoms with Gasteiger partial charge in [0.25, 0.3) is 0 Å². The minimum Gasteiger partial charge on any atom is -0.476 e. The molecule has 0 aliphatic carbocycles. The van der Waals surface area contributed by atoms with Crippen molar-refractivity contribution in [1.82, 2.24) is 9.88 Å². The molecule has 8 heteroatoms. The van der Waals surface area contributed by atoms with Gasteiger partial charge in [0, 0.05) is 31.4 Å². The van der Waals surface area contributed by atoms with Gasteiger partial charge in [0.1, 0.15) is 6.61 Å². The molecule has 0 saturated carbocycles. The van der Waals surface area contributed by atoms with Crippen LogP contribution in [0.4, 0.5) is 16.2 Å². The number of likely N-dealkylation sites (tertiary alicyclic amines) is 1. The number of benzene rings is 1. The fourth-order valence-electron chi connectivity index (χ4n) is 3.75. The number of piperidine rings is 1. The number of halogens is 2. The highest BCUT2D eigenvalue weighted by atomic mass is 35.5. The van der Waals surface area contributed by atoms with E-state index in [9.17, 15) is 4.79 Å². The number of pyridine rings is 1. The lowest BCUT2D eigenvalue weighted by molar-refractivity contribution is 0.180. The topological polar surface area (TPSA) is 48.9 Å². The second kappa shape index (κ2) is 9.20. The van der Waals surface area contributed by atoms with Crippen LogP contribution in [0.15, 0.2) is 36.5 Å². The summed E-state index contributed by atoms with van der Waals surface area (Å²) in [5.74, 6) is 0.582. The SMILES string of the molecule is O=C1N(c2ccc(OCCN3CCCCC3)nc2)CCN1c1ccc(Cl)c(Cl)c1. The first-order chi connectivity index (χ1) is 14.1. The molecule has 0 atom stereocenters. The van der Waals surface area contributed by atoms with Crippen LogP contribution in [0.2, 0.25) is 10.0 Å². The lowest BCUT2D eigenvalue weighted by Gasteiger charge is -2.26. The molecule has 0 radical (unpaired) electrons. The van der Waals surface area contributed by atoms with Crippen LogP contribution in [0, 0.1) is 0 Å². The Morgan fingerprint density at radius 1 is 0.897 bits per heavy atom. The summed E-state index contributed by atoms with van der Waals surface area (Å²) in [4.78, 5) is 23.0. The monoisotopic (exact) mass is 434 g/mol. The highest BCUT2D eigenvalue weighted by Crippen LogP contribution is 2.30. The van der Waals surface area contributed by atoms with E-state index in [0.29, 0.717) is 35.6 Å². The van der Waals surface area contributed by atoms with Crippen LogP contribution in [-0.4, -0.2) is 55.2 Å². The van der Waals surface area contributed by atoms with E-state index in [1.807, 2.05) is 12.1 Å². The van der Waals surface area contributed by atoms with Gasteiger partial charge in [-0.2, -0.15) is 0 Å². The Bertz CT molecular complexity index is 856. The Morgan fingerprint density at radius 3 is 2.31 bits per heavy atom. The van der Waals surface area contributed by atoms with Crippen LogP contribution in [0.1, 0.15) is 19.3 Å². The van der Waals surface area contributed by atoms with Gasteiger partial charge >= 0.3 is 6.03 Å². The predicted octanol–water partition coefficient (Wildman–Crippen LogP) is 4.70. The van der Waals surface area contributed by atoms with Gasteiger partial charge in [-0.1, -0.05) is 29.6 Å². The number of hydrogen-bond donors (Lipinski definition) is 0. The molecule has 2 aromatic rings. The molecule has 1 aromatic carbocycles. The number of anilines is 2. The number of aromatic nitrogens is 1. The van der Waals surface area contributed by atoms with Crippen molar-refractivity contribution in [3.63, 3.8) is 0 Å². The molecule has 0 unspecified atom stereocenters. The normalized spacial score (nSPS) is 17.8. The molecule has 2 fully saturated rings. The highest BCUT2D eigenvalue weighted by molar-refractivity contribution is 6.42. The molecule has 3 heterocycles. The van der Waals surface area contributed by atoms with Gasteiger partial charge < -0.3 is 4.74 Å². The van der Waals surface area contributed by atoms with Crippen molar-refractivity contribution in [3.8, 4) is 5.88 Å². The number of carbonyl (C=O) groups excluding carboxylic acids is 1. The minimum absolute atomic E-state index is 0.107. The molecular weight excluding hydrogens is 411 g/mol. The molecule has 6 nitrogen and oxygen atoms in total. The molecule has 0 N–H and O–H groups in total. The Labute approximate surface area is 181 Å². The molecular formula is C21H24Cl2N4O2. The fraction of sp³-hybridized carbons (Fsp3) is 0.429. The van der Waals surface area contributed by atoms with Gasteiger partial charge in [0.2, 0.25) is 5.88 Å². The van der Waals surface area contributed by atoms with Crippen molar-refractivity contribution in [1.29, 1.82) is 0 Å². The van der Waals surface area contributed by atoms with Crippen molar-refractivity contribution in [3.05, 3.63) is 46.6 Å². The third kappa shape index (κ3) is 4.77. The quantitative estimate of drug-likeness (QED) is 0.660. The number of ether oxygens (including phenoxy) is 1. The summed E-state index contributed by atoms with van der Waals surface area (Å²) in [5, 5.41) is 0.905. The summed E-state index contributed by atoms with van der Waals surface area (Å²) >= 11 is 12.1. The molecule has 2 aliphatic rings. The van der Waals surface area contributed by atoms with Gasteiger partial charge in [-0.3, -0.25) is 14.7 Å². The van der Waals surface area contributed by atoms with Crippen molar-refractivity contribution in [2.75, 3.05) is 49.1 Å². The molecule has 29 heavy (non-hydrogen) atoms. The number of carbonyl (C=O) groups is 1. The standard InChI is InChI=1S/C21H24Cl2N4O2/c22-18-6-4-16(14-19(18)23)26-10-11-27(21(26)28)17-5-7-20(24-15-17)29-13-12-25-8-2-1-3-9-25/h4-7,14-15H,1-3,8-13H2. The maximum absolute atomic E-state index is 12.8. The lowest BCUT2D eigenvalue weighted by Crippen LogP contribution is -2.33. The number of rotatable bonds is 6. The summed E-state index contributed by atoms with van der Waals surface area (Å²) in [7, 11) is 0. The van der Waals surface area contributed by atoms with E-state index < -0.39 is 0 Å². The molecule has 4 rings (SSSR count). The summed E-state index contributed by atoms with van der Waals surface area (Å²) < 4.78 is 5.77. The lowest BCUT2D eigenvalue weighted by atomic mass is 10.1. The molecule has 1 aromatic heterocycles. The Balaban J connectivity index is 1.34. The second-order valence-corrected chi connectivity index (χ2v) is 8.10. The zero-order valence-electron chi connectivity index (χ0n) is 16.2. The number of urea groups is 1. The predicted molar refractivity (Wildman–Crippen MR) is 117 cm³/mol. The minimum atomic E-state index is -0.107. The fourth-order valence-corrected chi connectivity index (χ4v) is 4.04. The van der Waals surface area contributed by atoms with E-state index in [4.69, 9.17) is 27.9 Å². The van der Waals surface area contributed by atoms with Crippen molar-refractivity contribution in [2.45, 2.75) is 19.3 Å². The van der Waals surface area contributed by atoms with Crippen LogP contribution in [0.25, 0.3) is 0 Å². The van der Waals surface area contributed by atoms with E-state index in [1.165, 1.54) is 19.3 Å². The third-order valence-corrected chi connectivity index (χ3v) is 6.10. The summed E-state index contributed by atoms with van der Waals surface area (Å²) in [6.07, 6.45) is 5.57. The Hall–Kier alpha value is -2.02. The first kappa shape index (κ1) is 20.3. The van der Waals surface area contributed by atoms with Crippen LogP contribution >= 0.6 is 23.2 Å². The van der Waals surface area contributed by atoms with Crippen molar-refractivity contribution in [2.24, 2.45) is 0 Å². The van der Waals surface area contributed by atoms with E-state index >= 15 is 0 Å². The number of amides is 2. The molecule has 2 amide bonds. The van der Waals surface area contributed by atoms with E-state index in [-0.39, 0.29) is 6.03 Å². The maximum Gasteiger partial charge on any atom is 0.329 e. The highest BCUT2D eigenvalue weighted by Gasteiger charge is 2.31. The smallest absolute Gasteiger partial charge is 0.329 e. The second-order valence-electron chi connectivity index (χ2n) is 7.29. The van der Waals surface area contributed by atoms with E-state index in [2.05, 4.69) is 9.88 Å². The van der Waals surface area contributed by atoms with Crippen molar-refractivity contribution < 1.29 is 9.53 Å². The zero-order valence-corrected chi connectivity index (χ0v) is 17.7. The van der Waals surface area contributed by atoms with Crippen LogP contribution in [0.5, 0.6) is 5.88 Å². The van der Waals surface area contributed by atoms with Crippen molar-refractivity contribution >= 4 is 40.6 Å². The van der Waals surface area contributed by atoms with Crippen LogP contribution in [0.3, 0.4) is 0 Å². The number of nitrogens with zero attached hydrogens (tertiary/aromatic N) is 4. The van der Waals surface area contributed by atoms with Crippen LogP contribution < -0.4 is 14.5 Å². The first-order valence-corrected chi connectivity index (χ1v) is 10.7. The number of hydrogen-bond acceptors (Lipinski definition) is 4. The molecule has 0 bridgehead atoms. The van der Waals surface area contributed by atoms with Crippen LogP contribution in [-0.2, 0) is 0 Å². The first-order valence-electron chi connectivity index (χ1n) is 9.97. The van der Waals surface area contributed by atoms with Gasteiger partial charge in [0.05, 0.1) is 21.9 Å². The van der Waals surface area contributed by atoms with E-state index in [0.717, 1.165) is 31.0 Å². The molecule has 2 saturated heterocycles. The molecule has 154 valence electrons. The van der Waals surface area contributed by atoms with Gasteiger partial charge in [-0.05, 0) is 50.2 Å². The van der Waals surface area contributed by atoms with Gasteiger partial charge in [-0.15, -0.1) is 0 Å². The maximum atomic E-state index is 12.8. The third-order valence-electron chi connectivity index (χ3n) is 5.36. The summed E-state index contributed by atoms with van der Waals surface area (Å²) in [6.45, 7) is 5.01. The Kier molecular flexibility index (Phi) is 6.43. The van der Waals surface area contributed by atoms with E-state index in [1.54, 1.807) is 34.2 Å².